The van der Waals surface area contributed by atoms with Crippen molar-refractivity contribution in [1.82, 2.24) is 0 Å². The summed E-state index contributed by atoms with van der Waals surface area (Å²) in [5.41, 5.74) is 2.87. The first-order valence-electron chi connectivity index (χ1n) is 12.5. The van der Waals surface area contributed by atoms with Gasteiger partial charge in [-0.05, 0) is 66.3 Å². The second-order valence-electron chi connectivity index (χ2n) is 9.13. The maximum Gasteiger partial charge on any atom is 0.306 e. The summed E-state index contributed by atoms with van der Waals surface area (Å²) in [6.07, 6.45) is 2.71. The topological polar surface area (TPSA) is 63.2 Å². The van der Waals surface area contributed by atoms with Crippen LogP contribution in [0.15, 0.2) is 60.7 Å². The molecule has 0 saturated carbocycles. The van der Waals surface area contributed by atoms with Crippen LogP contribution in [-0.2, 0) is 20.9 Å². The molecule has 196 valence electrons. The molecule has 6 nitrogen and oxygen atoms in total. The zero-order chi connectivity index (χ0) is 26.2. The van der Waals surface area contributed by atoms with Crippen LogP contribution in [0.5, 0.6) is 17.2 Å². The first-order valence-corrected chi connectivity index (χ1v) is 12.5. The molecule has 0 radical (unpaired) electrons. The van der Waals surface area contributed by atoms with E-state index < -0.39 is 0 Å². The van der Waals surface area contributed by atoms with Gasteiger partial charge in [-0.1, -0.05) is 31.2 Å². The Labute approximate surface area is 217 Å². The van der Waals surface area contributed by atoms with E-state index in [4.69, 9.17) is 23.7 Å². The Morgan fingerprint density at radius 2 is 1.89 bits per heavy atom. The molecular weight excluding hydrogens is 475 g/mol. The number of methoxy groups -OCH3 is 2. The summed E-state index contributed by atoms with van der Waals surface area (Å²) in [7, 11) is 2.94. The molecule has 1 saturated heterocycles. The first kappa shape index (κ1) is 26.5. The van der Waals surface area contributed by atoms with Gasteiger partial charge in [-0.25, -0.2) is 4.39 Å². The fourth-order valence-corrected chi connectivity index (χ4v) is 4.29. The SMILES string of the molecule is COC(=O)C[C@@H](C)c1cccc(OCc2ccc(-c3cc(OC)ccc3F)c(OC3CCCCO3)c2)c1. The summed E-state index contributed by atoms with van der Waals surface area (Å²) < 4.78 is 43.0. The third-order valence-corrected chi connectivity index (χ3v) is 6.44. The Hall–Kier alpha value is -3.58. The minimum atomic E-state index is -0.384. The molecule has 37 heavy (non-hydrogen) atoms. The van der Waals surface area contributed by atoms with Gasteiger partial charge in [-0.15, -0.1) is 0 Å². The third kappa shape index (κ3) is 7.01. The van der Waals surface area contributed by atoms with Gasteiger partial charge in [0, 0.05) is 17.5 Å². The molecule has 4 rings (SSSR count). The quantitative estimate of drug-likeness (QED) is 0.286. The van der Waals surface area contributed by atoms with Gasteiger partial charge in [0.25, 0.3) is 0 Å². The van der Waals surface area contributed by atoms with Crippen molar-refractivity contribution in [1.29, 1.82) is 0 Å². The molecule has 1 fully saturated rings. The number of halogens is 1. The van der Waals surface area contributed by atoms with E-state index in [2.05, 4.69) is 0 Å². The molecule has 1 aliphatic heterocycles. The van der Waals surface area contributed by atoms with Gasteiger partial charge in [0.05, 0.1) is 27.2 Å². The van der Waals surface area contributed by atoms with Crippen molar-refractivity contribution in [2.75, 3.05) is 20.8 Å². The molecular formula is C30H33FO6. The Bertz CT molecular complexity index is 1200. The van der Waals surface area contributed by atoms with E-state index >= 15 is 0 Å². The van der Waals surface area contributed by atoms with Crippen LogP contribution in [0, 0.1) is 5.82 Å². The lowest BCUT2D eigenvalue weighted by molar-refractivity contribution is -0.140. The Balaban J connectivity index is 1.56. The monoisotopic (exact) mass is 508 g/mol. The Kier molecular flexibility index (Phi) is 9.01. The molecule has 1 unspecified atom stereocenters. The van der Waals surface area contributed by atoms with Gasteiger partial charge in [-0.2, -0.15) is 0 Å². The van der Waals surface area contributed by atoms with Crippen LogP contribution in [0.3, 0.4) is 0 Å². The standard InChI is InChI=1S/C30H33FO6/c1-20(15-29(32)34-3)22-7-6-8-24(17-22)36-19-21-10-12-25(26-18-23(33-2)11-13-27(26)31)28(16-21)37-30-9-4-5-14-35-30/h6-8,10-13,16-18,20,30H,4-5,9,14-15,19H2,1-3H3/t20-,30?/m1/s1. The molecule has 0 amide bonds. The van der Waals surface area contributed by atoms with E-state index in [1.807, 2.05) is 49.4 Å². The molecule has 0 spiro atoms. The number of esters is 1. The highest BCUT2D eigenvalue weighted by Gasteiger charge is 2.20. The minimum Gasteiger partial charge on any atom is -0.497 e. The Morgan fingerprint density at radius 3 is 2.65 bits per heavy atom. The molecule has 7 heteroatoms. The number of hydrogen-bond acceptors (Lipinski definition) is 6. The lowest BCUT2D eigenvalue weighted by Gasteiger charge is -2.25. The summed E-state index contributed by atoms with van der Waals surface area (Å²) in [4.78, 5) is 11.6. The lowest BCUT2D eigenvalue weighted by atomic mass is 9.98. The van der Waals surface area contributed by atoms with E-state index in [1.165, 1.54) is 13.2 Å². The minimum absolute atomic E-state index is 0.00328. The van der Waals surface area contributed by atoms with Crippen LogP contribution >= 0.6 is 0 Å². The second kappa shape index (κ2) is 12.6. The normalized spacial score (nSPS) is 16.1. The third-order valence-electron chi connectivity index (χ3n) is 6.44. The van der Waals surface area contributed by atoms with Gasteiger partial charge in [0.1, 0.15) is 29.7 Å². The van der Waals surface area contributed by atoms with Gasteiger partial charge in [0.2, 0.25) is 0 Å². The summed E-state index contributed by atoms with van der Waals surface area (Å²) in [6.45, 7) is 2.90. The van der Waals surface area contributed by atoms with Crippen LogP contribution in [0.4, 0.5) is 4.39 Å². The van der Waals surface area contributed by atoms with Crippen molar-refractivity contribution in [2.45, 2.75) is 51.4 Å². The largest absolute Gasteiger partial charge is 0.497 e. The van der Waals surface area contributed by atoms with E-state index in [0.29, 0.717) is 41.4 Å². The number of ether oxygens (including phenoxy) is 5. The van der Waals surface area contributed by atoms with E-state index in [-0.39, 0.29) is 30.6 Å². The van der Waals surface area contributed by atoms with E-state index in [9.17, 15) is 9.18 Å². The van der Waals surface area contributed by atoms with Crippen molar-refractivity contribution >= 4 is 5.97 Å². The van der Waals surface area contributed by atoms with Gasteiger partial charge < -0.3 is 23.7 Å². The number of carbonyl (C=O) groups excluding carboxylic acids is 1. The summed E-state index contributed by atoms with van der Waals surface area (Å²) >= 11 is 0. The van der Waals surface area contributed by atoms with Crippen LogP contribution in [0.2, 0.25) is 0 Å². The predicted octanol–water partition coefficient (Wildman–Crippen LogP) is 6.65. The highest BCUT2D eigenvalue weighted by molar-refractivity contribution is 5.73. The summed E-state index contributed by atoms with van der Waals surface area (Å²) in [6, 6.07) is 17.9. The molecule has 1 heterocycles. The van der Waals surface area contributed by atoms with E-state index in [1.54, 1.807) is 19.2 Å². The average molecular weight is 509 g/mol. The van der Waals surface area contributed by atoms with Crippen molar-refractivity contribution < 1.29 is 32.9 Å². The van der Waals surface area contributed by atoms with Crippen molar-refractivity contribution in [3.63, 3.8) is 0 Å². The molecule has 0 bridgehead atoms. The fraction of sp³-hybridized carbons (Fsp3) is 0.367. The predicted molar refractivity (Wildman–Crippen MR) is 138 cm³/mol. The number of rotatable bonds is 10. The summed E-state index contributed by atoms with van der Waals surface area (Å²) in [5.74, 6) is 1.17. The first-order chi connectivity index (χ1) is 18.0. The molecule has 2 atom stereocenters. The van der Waals surface area contributed by atoms with Gasteiger partial charge in [-0.3, -0.25) is 4.79 Å². The number of benzene rings is 3. The fourth-order valence-electron chi connectivity index (χ4n) is 4.29. The van der Waals surface area contributed by atoms with Gasteiger partial charge >= 0.3 is 5.97 Å². The molecule has 3 aromatic rings. The highest BCUT2D eigenvalue weighted by atomic mass is 19.1. The van der Waals surface area contributed by atoms with Crippen molar-refractivity contribution in [3.8, 4) is 28.4 Å². The number of hydrogen-bond donors (Lipinski definition) is 0. The smallest absolute Gasteiger partial charge is 0.306 e. The van der Waals surface area contributed by atoms with Crippen LogP contribution in [0.1, 0.15) is 49.7 Å². The molecule has 0 aliphatic carbocycles. The molecule has 3 aromatic carbocycles. The lowest BCUT2D eigenvalue weighted by Crippen LogP contribution is -2.25. The molecule has 0 aromatic heterocycles. The second-order valence-corrected chi connectivity index (χ2v) is 9.13. The zero-order valence-corrected chi connectivity index (χ0v) is 21.5. The maximum absolute atomic E-state index is 14.8. The van der Waals surface area contributed by atoms with Crippen molar-refractivity contribution in [2.24, 2.45) is 0 Å². The summed E-state index contributed by atoms with van der Waals surface area (Å²) in [5, 5.41) is 0. The number of carbonyl (C=O) groups is 1. The molecule has 1 aliphatic rings. The maximum atomic E-state index is 14.8. The molecule has 0 N–H and O–H groups in total. The van der Waals surface area contributed by atoms with Crippen LogP contribution in [-0.4, -0.2) is 33.1 Å². The van der Waals surface area contributed by atoms with E-state index in [0.717, 1.165) is 30.4 Å². The van der Waals surface area contributed by atoms with Crippen LogP contribution < -0.4 is 14.2 Å². The Morgan fingerprint density at radius 1 is 1.03 bits per heavy atom. The highest BCUT2D eigenvalue weighted by Crippen LogP contribution is 2.36. The van der Waals surface area contributed by atoms with Crippen molar-refractivity contribution in [3.05, 3.63) is 77.6 Å². The van der Waals surface area contributed by atoms with Crippen LogP contribution in [0.25, 0.3) is 11.1 Å². The zero-order valence-electron chi connectivity index (χ0n) is 21.5. The van der Waals surface area contributed by atoms with Gasteiger partial charge in [0.15, 0.2) is 6.29 Å². The average Bonchev–Trinajstić information content (AvgIpc) is 2.93.